The van der Waals surface area contributed by atoms with Crippen molar-refractivity contribution in [2.24, 2.45) is 0 Å². The van der Waals surface area contributed by atoms with E-state index in [2.05, 4.69) is 9.88 Å². The normalized spacial score (nSPS) is 11.0. The van der Waals surface area contributed by atoms with Crippen LogP contribution in [0.25, 0.3) is 0 Å². The third-order valence-corrected chi connectivity index (χ3v) is 3.55. The molecule has 25 heavy (non-hydrogen) atoms. The van der Waals surface area contributed by atoms with Gasteiger partial charge in [-0.1, -0.05) is 0 Å². The van der Waals surface area contributed by atoms with Crippen LogP contribution in [0, 0.1) is 11.6 Å². The van der Waals surface area contributed by atoms with Gasteiger partial charge in [0.25, 0.3) is 0 Å². The number of pyridine rings is 1. The van der Waals surface area contributed by atoms with E-state index < -0.39 is 11.6 Å². The lowest BCUT2D eigenvalue weighted by atomic mass is 10.1. The Labute approximate surface area is 154 Å². The maximum atomic E-state index is 13.4. The molecule has 6 heteroatoms. The molecule has 0 bridgehead atoms. The van der Waals surface area contributed by atoms with E-state index in [9.17, 15) is 8.78 Å². The predicted molar refractivity (Wildman–Crippen MR) is 97.7 cm³/mol. The number of hydrogen-bond donors (Lipinski definition) is 0. The fourth-order valence-electron chi connectivity index (χ4n) is 2.53. The van der Waals surface area contributed by atoms with Crippen molar-refractivity contribution < 1.29 is 13.5 Å². The third-order valence-electron chi connectivity index (χ3n) is 3.55. The minimum atomic E-state index is -0.544. The molecule has 3 nitrogen and oxygen atoms in total. The first-order valence-electron chi connectivity index (χ1n) is 8.21. The van der Waals surface area contributed by atoms with Crippen LogP contribution in [0.2, 0.25) is 0 Å². The van der Waals surface area contributed by atoms with Gasteiger partial charge >= 0.3 is 0 Å². The lowest BCUT2D eigenvalue weighted by Gasteiger charge is -2.23. The molecule has 138 valence electrons. The highest BCUT2D eigenvalue weighted by molar-refractivity contribution is 5.85. The highest BCUT2D eigenvalue weighted by atomic mass is 35.5. The summed E-state index contributed by atoms with van der Waals surface area (Å²) in [5.74, 6) is -1.09. The van der Waals surface area contributed by atoms with Gasteiger partial charge in [0, 0.05) is 44.7 Å². The smallest absolute Gasteiger partial charge is 0.126 e. The van der Waals surface area contributed by atoms with Gasteiger partial charge in [0.1, 0.15) is 11.6 Å². The molecule has 2 aromatic rings. The molecule has 0 saturated carbocycles. The molecule has 2 rings (SSSR count). The molecule has 0 fully saturated rings. The summed E-state index contributed by atoms with van der Waals surface area (Å²) in [6.45, 7) is 6.64. The van der Waals surface area contributed by atoms with Crippen LogP contribution in [0.5, 0.6) is 0 Å². The van der Waals surface area contributed by atoms with Crippen molar-refractivity contribution in [3.05, 3.63) is 65.5 Å². The van der Waals surface area contributed by atoms with Crippen molar-refractivity contribution in [1.82, 2.24) is 9.88 Å². The standard InChI is InChI=1S/C19H24F2N2O.ClH/c1-15(2)24-9-3-8-23(13-16-4-6-22-7-5-16)14-17-10-18(20)12-19(21)11-17;/h4-7,10-12,15H,3,8-9,13-14H2,1-2H3;1H. The largest absolute Gasteiger partial charge is 0.379 e. The van der Waals surface area contributed by atoms with Crippen molar-refractivity contribution in [1.29, 1.82) is 0 Å². The van der Waals surface area contributed by atoms with E-state index in [1.54, 1.807) is 12.4 Å². The lowest BCUT2D eigenvalue weighted by Crippen LogP contribution is -2.25. The van der Waals surface area contributed by atoms with E-state index in [0.717, 1.165) is 24.6 Å². The molecular formula is C19H25ClF2N2O. The lowest BCUT2D eigenvalue weighted by molar-refractivity contribution is 0.0692. The summed E-state index contributed by atoms with van der Waals surface area (Å²) in [5.41, 5.74) is 1.75. The van der Waals surface area contributed by atoms with Crippen molar-refractivity contribution in [3.8, 4) is 0 Å². The second kappa shape index (κ2) is 11.1. The molecule has 0 atom stereocenters. The third kappa shape index (κ3) is 8.38. The Morgan fingerprint density at radius 2 is 1.60 bits per heavy atom. The zero-order valence-electron chi connectivity index (χ0n) is 14.6. The minimum Gasteiger partial charge on any atom is -0.379 e. The summed E-state index contributed by atoms with van der Waals surface area (Å²) in [6.07, 6.45) is 4.56. The summed E-state index contributed by atoms with van der Waals surface area (Å²) >= 11 is 0. The maximum Gasteiger partial charge on any atom is 0.126 e. The van der Waals surface area contributed by atoms with Gasteiger partial charge in [0.2, 0.25) is 0 Å². The molecule has 1 heterocycles. The van der Waals surface area contributed by atoms with Crippen LogP contribution < -0.4 is 0 Å². The Morgan fingerprint density at radius 3 is 2.20 bits per heavy atom. The molecular weight excluding hydrogens is 346 g/mol. The minimum absolute atomic E-state index is 0. The molecule has 1 aromatic heterocycles. The number of ether oxygens (including phenoxy) is 1. The van der Waals surface area contributed by atoms with Gasteiger partial charge < -0.3 is 4.74 Å². The van der Waals surface area contributed by atoms with Crippen LogP contribution in [0.15, 0.2) is 42.7 Å². The first-order chi connectivity index (χ1) is 11.5. The SMILES string of the molecule is CC(C)OCCCN(Cc1ccncc1)Cc1cc(F)cc(F)c1.Cl. The van der Waals surface area contributed by atoms with Crippen molar-refractivity contribution in [2.75, 3.05) is 13.2 Å². The number of nitrogens with zero attached hydrogens (tertiary/aromatic N) is 2. The summed E-state index contributed by atoms with van der Waals surface area (Å²) in [6, 6.07) is 7.56. The number of aromatic nitrogens is 1. The van der Waals surface area contributed by atoms with Gasteiger partial charge in [0.05, 0.1) is 6.10 Å². The van der Waals surface area contributed by atoms with Crippen LogP contribution in [-0.2, 0) is 17.8 Å². The van der Waals surface area contributed by atoms with Crippen LogP contribution in [0.4, 0.5) is 8.78 Å². The van der Waals surface area contributed by atoms with Gasteiger partial charge in [-0.05, 0) is 55.7 Å². The second-order valence-corrected chi connectivity index (χ2v) is 6.12. The monoisotopic (exact) mass is 370 g/mol. The Morgan fingerprint density at radius 1 is 1.00 bits per heavy atom. The van der Waals surface area contributed by atoms with E-state index in [1.165, 1.54) is 12.1 Å². The quantitative estimate of drug-likeness (QED) is 0.603. The highest BCUT2D eigenvalue weighted by Crippen LogP contribution is 2.13. The molecule has 1 aromatic carbocycles. The van der Waals surface area contributed by atoms with E-state index in [0.29, 0.717) is 25.3 Å². The van der Waals surface area contributed by atoms with Crippen LogP contribution in [0.3, 0.4) is 0 Å². The van der Waals surface area contributed by atoms with Gasteiger partial charge in [-0.2, -0.15) is 0 Å². The van der Waals surface area contributed by atoms with E-state index in [4.69, 9.17) is 4.74 Å². The maximum absolute atomic E-state index is 13.4. The van der Waals surface area contributed by atoms with Gasteiger partial charge in [-0.3, -0.25) is 9.88 Å². The molecule has 0 saturated heterocycles. The fraction of sp³-hybridized carbons (Fsp3) is 0.421. The molecule has 0 aliphatic heterocycles. The summed E-state index contributed by atoms with van der Waals surface area (Å²) < 4.78 is 32.4. The Bertz CT molecular complexity index is 606. The van der Waals surface area contributed by atoms with Crippen molar-refractivity contribution in [3.63, 3.8) is 0 Å². The number of hydrogen-bond acceptors (Lipinski definition) is 3. The fourth-order valence-corrected chi connectivity index (χ4v) is 2.53. The summed E-state index contributed by atoms with van der Waals surface area (Å²) in [5, 5.41) is 0. The Balaban J connectivity index is 0.00000312. The van der Waals surface area contributed by atoms with Gasteiger partial charge in [-0.25, -0.2) is 8.78 Å². The Kier molecular flexibility index (Phi) is 9.57. The highest BCUT2D eigenvalue weighted by Gasteiger charge is 2.09. The van der Waals surface area contributed by atoms with Crippen LogP contribution in [0.1, 0.15) is 31.4 Å². The molecule has 0 aliphatic carbocycles. The summed E-state index contributed by atoms with van der Waals surface area (Å²) in [7, 11) is 0. The topological polar surface area (TPSA) is 25.4 Å². The van der Waals surface area contributed by atoms with E-state index in [1.807, 2.05) is 26.0 Å². The van der Waals surface area contributed by atoms with Gasteiger partial charge in [0.15, 0.2) is 0 Å². The number of benzene rings is 1. The first kappa shape index (κ1) is 21.5. The van der Waals surface area contributed by atoms with Crippen LogP contribution >= 0.6 is 12.4 Å². The van der Waals surface area contributed by atoms with E-state index >= 15 is 0 Å². The zero-order chi connectivity index (χ0) is 17.4. The van der Waals surface area contributed by atoms with Crippen molar-refractivity contribution >= 4 is 12.4 Å². The molecule has 0 N–H and O–H groups in total. The molecule has 0 spiro atoms. The molecule has 0 radical (unpaired) electrons. The summed E-state index contributed by atoms with van der Waals surface area (Å²) in [4.78, 5) is 6.18. The van der Waals surface area contributed by atoms with Crippen LogP contribution in [-0.4, -0.2) is 29.1 Å². The second-order valence-electron chi connectivity index (χ2n) is 6.12. The van der Waals surface area contributed by atoms with Crippen molar-refractivity contribution in [2.45, 2.75) is 39.5 Å². The number of rotatable bonds is 9. The molecule has 0 amide bonds. The molecule has 0 aliphatic rings. The average molecular weight is 371 g/mol. The van der Waals surface area contributed by atoms with E-state index in [-0.39, 0.29) is 18.5 Å². The zero-order valence-corrected chi connectivity index (χ0v) is 15.4. The first-order valence-corrected chi connectivity index (χ1v) is 8.21. The number of halogens is 3. The van der Waals surface area contributed by atoms with Gasteiger partial charge in [-0.15, -0.1) is 12.4 Å². The molecule has 0 unspecified atom stereocenters. The Hall–Kier alpha value is -1.56. The predicted octanol–water partition coefficient (Wildman–Crippen LogP) is 4.60. The average Bonchev–Trinajstić information content (AvgIpc) is 2.51.